The number of para-hydroxylation sites is 1. The van der Waals surface area contributed by atoms with Crippen molar-refractivity contribution in [1.82, 2.24) is 15.1 Å². The quantitative estimate of drug-likeness (QED) is 0.481. The number of fused-ring (bicyclic) bond motifs is 1. The van der Waals surface area contributed by atoms with Crippen molar-refractivity contribution in [2.75, 3.05) is 51.3 Å². The third-order valence-electron chi connectivity index (χ3n) is 6.93. The van der Waals surface area contributed by atoms with E-state index in [-0.39, 0.29) is 24.3 Å². The van der Waals surface area contributed by atoms with Crippen molar-refractivity contribution in [2.45, 2.75) is 6.54 Å². The number of amides is 3. The third kappa shape index (κ3) is 5.20. The molecule has 0 bridgehead atoms. The second kappa shape index (κ2) is 10.8. The van der Waals surface area contributed by atoms with E-state index in [4.69, 9.17) is 4.74 Å². The summed E-state index contributed by atoms with van der Waals surface area (Å²) in [6.45, 7) is 5.12. The van der Waals surface area contributed by atoms with E-state index in [2.05, 4.69) is 39.4 Å². The number of carbonyl (C=O) groups excluding carboxylic acids is 3. The average Bonchev–Trinajstić information content (AvgIpc) is 3.18. The van der Waals surface area contributed by atoms with Gasteiger partial charge in [0.15, 0.2) is 0 Å². The lowest BCUT2D eigenvalue weighted by Crippen LogP contribution is -2.48. The summed E-state index contributed by atoms with van der Waals surface area (Å²) in [5.74, 6) is -0.450. The van der Waals surface area contributed by atoms with Crippen LogP contribution in [0.1, 0.15) is 36.6 Å². The molecule has 0 aromatic heterocycles. The second-order valence-corrected chi connectivity index (χ2v) is 9.20. The van der Waals surface area contributed by atoms with Gasteiger partial charge in [0.25, 0.3) is 17.7 Å². The fraction of sp³-hybridized carbons (Fsp3) is 0.276. The zero-order chi connectivity index (χ0) is 25.8. The molecule has 0 spiro atoms. The molecule has 190 valence electrons. The van der Waals surface area contributed by atoms with E-state index in [1.807, 2.05) is 6.07 Å². The number of nitrogens with one attached hydrogen (secondary N) is 1. The number of benzene rings is 3. The van der Waals surface area contributed by atoms with Crippen molar-refractivity contribution in [3.8, 4) is 5.75 Å². The highest BCUT2D eigenvalue weighted by molar-refractivity contribution is 6.21. The molecule has 2 aliphatic rings. The lowest BCUT2D eigenvalue weighted by Gasteiger charge is -2.36. The first kappa shape index (κ1) is 24.5. The first-order valence-corrected chi connectivity index (χ1v) is 12.5. The number of hydrogen-bond donors (Lipinski definition) is 1. The minimum absolute atomic E-state index is 0.0856. The molecular weight excluding hydrogens is 468 g/mol. The first-order chi connectivity index (χ1) is 18.0. The summed E-state index contributed by atoms with van der Waals surface area (Å²) in [4.78, 5) is 44.4. The molecule has 0 aliphatic carbocycles. The van der Waals surface area contributed by atoms with Crippen LogP contribution < -0.4 is 15.0 Å². The summed E-state index contributed by atoms with van der Waals surface area (Å²) < 4.78 is 5.41. The van der Waals surface area contributed by atoms with Gasteiger partial charge in [-0.15, -0.1) is 0 Å². The van der Waals surface area contributed by atoms with Crippen LogP contribution >= 0.6 is 0 Å². The summed E-state index contributed by atoms with van der Waals surface area (Å²) in [5, 5.41) is 2.99. The Morgan fingerprint density at radius 3 is 2.16 bits per heavy atom. The molecule has 2 heterocycles. The number of hydrogen-bond acceptors (Lipinski definition) is 6. The molecule has 2 aliphatic heterocycles. The van der Waals surface area contributed by atoms with Gasteiger partial charge in [-0.25, -0.2) is 0 Å². The Hall–Kier alpha value is -4.17. The van der Waals surface area contributed by atoms with Crippen LogP contribution in [0, 0.1) is 0 Å². The zero-order valence-corrected chi connectivity index (χ0v) is 20.9. The maximum Gasteiger partial charge on any atom is 0.261 e. The summed E-state index contributed by atoms with van der Waals surface area (Å²) in [5.41, 5.74) is 3.11. The van der Waals surface area contributed by atoms with E-state index < -0.39 is 0 Å². The number of anilines is 1. The van der Waals surface area contributed by atoms with E-state index >= 15 is 0 Å². The number of imide groups is 1. The molecule has 8 nitrogen and oxygen atoms in total. The Morgan fingerprint density at radius 1 is 0.865 bits per heavy atom. The Morgan fingerprint density at radius 2 is 1.51 bits per heavy atom. The van der Waals surface area contributed by atoms with Crippen LogP contribution in [0.2, 0.25) is 0 Å². The van der Waals surface area contributed by atoms with Crippen molar-refractivity contribution < 1.29 is 19.1 Å². The fourth-order valence-electron chi connectivity index (χ4n) is 4.89. The molecule has 0 atom stereocenters. The lowest BCUT2D eigenvalue weighted by molar-refractivity contribution is 0.0642. The summed E-state index contributed by atoms with van der Waals surface area (Å²) in [6, 6.07) is 22.4. The predicted octanol–water partition coefficient (Wildman–Crippen LogP) is 3.04. The minimum atomic E-state index is -0.324. The molecule has 3 amide bonds. The van der Waals surface area contributed by atoms with Crippen molar-refractivity contribution in [1.29, 1.82) is 0 Å². The van der Waals surface area contributed by atoms with Gasteiger partial charge in [-0.05, 0) is 42.0 Å². The first-order valence-electron chi connectivity index (χ1n) is 12.5. The smallest absolute Gasteiger partial charge is 0.261 e. The van der Waals surface area contributed by atoms with Gasteiger partial charge >= 0.3 is 0 Å². The number of ether oxygens (including phenoxy) is 1. The van der Waals surface area contributed by atoms with Crippen molar-refractivity contribution >= 4 is 23.4 Å². The highest BCUT2D eigenvalue weighted by Crippen LogP contribution is 2.26. The van der Waals surface area contributed by atoms with Gasteiger partial charge in [0.1, 0.15) is 5.75 Å². The second-order valence-electron chi connectivity index (χ2n) is 9.20. The summed E-state index contributed by atoms with van der Waals surface area (Å²) in [7, 11) is 1.52. The Bertz CT molecular complexity index is 1270. The normalized spacial score (nSPS) is 15.6. The van der Waals surface area contributed by atoms with Gasteiger partial charge in [0.2, 0.25) is 0 Å². The van der Waals surface area contributed by atoms with Gasteiger partial charge in [-0.2, -0.15) is 0 Å². The van der Waals surface area contributed by atoms with Gasteiger partial charge in [-0.3, -0.25) is 24.2 Å². The van der Waals surface area contributed by atoms with Crippen LogP contribution in [0.4, 0.5) is 5.69 Å². The summed E-state index contributed by atoms with van der Waals surface area (Å²) >= 11 is 0. The largest absolute Gasteiger partial charge is 0.496 e. The molecule has 1 fully saturated rings. The number of piperazine rings is 1. The predicted molar refractivity (Wildman–Crippen MR) is 141 cm³/mol. The van der Waals surface area contributed by atoms with Gasteiger partial charge in [0, 0.05) is 45.0 Å². The van der Waals surface area contributed by atoms with E-state index in [9.17, 15) is 14.4 Å². The Kier molecular flexibility index (Phi) is 7.18. The van der Waals surface area contributed by atoms with Gasteiger partial charge in [0.05, 0.1) is 30.3 Å². The van der Waals surface area contributed by atoms with Gasteiger partial charge < -0.3 is 15.0 Å². The monoisotopic (exact) mass is 498 g/mol. The SMILES string of the molecule is COc1ccc(CN2C(=O)c3ccccc3C2=O)cc1C(=O)NCCN1CCN(c2ccccc2)CC1. The third-order valence-corrected chi connectivity index (χ3v) is 6.93. The lowest BCUT2D eigenvalue weighted by atomic mass is 10.1. The standard InChI is InChI=1S/C29H30N4O4/c1-37-26-12-11-21(20-33-28(35)23-9-5-6-10-24(23)29(33)36)19-25(26)27(34)30-13-14-31-15-17-32(18-16-31)22-7-3-2-4-8-22/h2-12,19H,13-18,20H2,1H3,(H,30,34). The van der Waals surface area contributed by atoms with E-state index in [0.29, 0.717) is 34.5 Å². The Labute approximate surface area is 216 Å². The van der Waals surface area contributed by atoms with Crippen molar-refractivity contribution in [3.05, 3.63) is 95.1 Å². The number of carbonyl (C=O) groups is 3. The van der Waals surface area contributed by atoms with Crippen LogP contribution in [-0.2, 0) is 6.54 Å². The molecule has 3 aromatic rings. The van der Waals surface area contributed by atoms with Crippen LogP contribution in [0.25, 0.3) is 0 Å². The molecule has 0 unspecified atom stereocenters. The molecule has 5 rings (SSSR count). The topological polar surface area (TPSA) is 82.2 Å². The zero-order valence-electron chi connectivity index (χ0n) is 20.9. The van der Waals surface area contributed by atoms with Crippen LogP contribution in [-0.4, -0.2) is 73.9 Å². The van der Waals surface area contributed by atoms with E-state index in [1.54, 1.807) is 42.5 Å². The molecule has 1 saturated heterocycles. The molecule has 0 radical (unpaired) electrons. The number of methoxy groups -OCH3 is 1. The van der Waals surface area contributed by atoms with Crippen LogP contribution in [0.15, 0.2) is 72.8 Å². The Balaban J connectivity index is 1.17. The van der Waals surface area contributed by atoms with Crippen LogP contribution in [0.3, 0.4) is 0 Å². The highest BCUT2D eigenvalue weighted by Gasteiger charge is 2.35. The summed E-state index contributed by atoms with van der Waals surface area (Å²) in [6.07, 6.45) is 0. The molecule has 3 aromatic carbocycles. The van der Waals surface area contributed by atoms with Crippen LogP contribution in [0.5, 0.6) is 5.75 Å². The molecule has 8 heteroatoms. The van der Waals surface area contributed by atoms with E-state index in [1.165, 1.54) is 17.7 Å². The molecule has 1 N–H and O–H groups in total. The van der Waals surface area contributed by atoms with E-state index in [0.717, 1.165) is 32.7 Å². The van der Waals surface area contributed by atoms with Crippen molar-refractivity contribution in [2.24, 2.45) is 0 Å². The average molecular weight is 499 g/mol. The molecule has 0 saturated carbocycles. The molecule has 37 heavy (non-hydrogen) atoms. The van der Waals surface area contributed by atoms with Gasteiger partial charge in [-0.1, -0.05) is 36.4 Å². The maximum atomic E-state index is 13.0. The maximum absolute atomic E-state index is 13.0. The molecular formula is C29H30N4O4. The number of rotatable bonds is 8. The van der Waals surface area contributed by atoms with Crippen molar-refractivity contribution in [3.63, 3.8) is 0 Å². The fourth-order valence-corrected chi connectivity index (χ4v) is 4.89. The minimum Gasteiger partial charge on any atom is -0.496 e. The number of nitrogens with zero attached hydrogens (tertiary/aromatic N) is 3. The highest BCUT2D eigenvalue weighted by atomic mass is 16.5.